The zero-order valence-electron chi connectivity index (χ0n) is 8.95. The summed E-state index contributed by atoms with van der Waals surface area (Å²) in [4.78, 5) is 0. The molecule has 1 heterocycles. The fraction of sp³-hybridized carbons (Fsp3) is 0.545. The van der Waals surface area contributed by atoms with E-state index in [2.05, 4.69) is 13.0 Å². The Morgan fingerprint density at radius 2 is 2.27 bits per heavy atom. The number of ether oxygens (including phenoxy) is 1. The van der Waals surface area contributed by atoms with Crippen LogP contribution < -0.4 is 10.5 Å². The van der Waals surface area contributed by atoms with Gasteiger partial charge in [0, 0.05) is 5.38 Å². The van der Waals surface area contributed by atoms with Gasteiger partial charge in [0.25, 0.3) is 0 Å². The lowest BCUT2D eigenvalue weighted by atomic mass is 10.2. The molecule has 0 aromatic carbocycles. The average molecular weight is 224 g/mol. The summed E-state index contributed by atoms with van der Waals surface area (Å²) in [7, 11) is 0. The second-order valence-electron chi connectivity index (χ2n) is 3.36. The Kier molecular flexibility index (Phi) is 4.99. The minimum atomic E-state index is 0.482. The van der Waals surface area contributed by atoms with Crippen LogP contribution in [0.15, 0.2) is 5.38 Å². The fourth-order valence-electron chi connectivity index (χ4n) is 1.28. The summed E-state index contributed by atoms with van der Waals surface area (Å²) in [6.45, 7) is 2.85. The summed E-state index contributed by atoms with van der Waals surface area (Å²) >= 11 is 1.35. The summed E-state index contributed by atoms with van der Waals surface area (Å²) in [5.41, 5.74) is 6.10. The van der Waals surface area contributed by atoms with Crippen LogP contribution in [-0.2, 0) is 0 Å². The average Bonchev–Trinajstić information content (AvgIpc) is 2.59. The predicted octanol–water partition coefficient (Wildman–Crippen LogP) is 3.16. The van der Waals surface area contributed by atoms with Crippen molar-refractivity contribution in [2.75, 3.05) is 12.3 Å². The van der Waals surface area contributed by atoms with E-state index in [0.717, 1.165) is 6.42 Å². The van der Waals surface area contributed by atoms with Gasteiger partial charge in [0.05, 0.1) is 6.61 Å². The number of thiophene rings is 1. The maximum atomic E-state index is 8.83. The van der Waals surface area contributed by atoms with Crippen molar-refractivity contribution in [2.24, 2.45) is 0 Å². The normalized spacial score (nSPS) is 9.87. The van der Waals surface area contributed by atoms with Crippen LogP contribution in [0.3, 0.4) is 0 Å². The Morgan fingerprint density at radius 3 is 2.93 bits per heavy atom. The molecule has 2 N–H and O–H groups in total. The number of rotatable bonds is 6. The van der Waals surface area contributed by atoms with Crippen LogP contribution in [-0.4, -0.2) is 6.61 Å². The molecule has 0 bridgehead atoms. The zero-order chi connectivity index (χ0) is 11.1. The van der Waals surface area contributed by atoms with Crippen molar-refractivity contribution in [1.29, 1.82) is 5.26 Å². The second-order valence-corrected chi connectivity index (χ2v) is 4.27. The van der Waals surface area contributed by atoms with Crippen molar-refractivity contribution in [1.82, 2.24) is 0 Å². The monoisotopic (exact) mass is 224 g/mol. The van der Waals surface area contributed by atoms with E-state index in [1.54, 1.807) is 5.38 Å². The minimum Gasteiger partial charge on any atom is -0.491 e. The summed E-state index contributed by atoms with van der Waals surface area (Å²) in [6, 6.07) is 2.06. The van der Waals surface area contributed by atoms with Crippen molar-refractivity contribution in [3.05, 3.63) is 10.9 Å². The van der Waals surface area contributed by atoms with Crippen LogP contribution in [0.2, 0.25) is 0 Å². The Labute approximate surface area is 94.5 Å². The van der Waals surface area contributed by atoms with Crippen molar-refractivity contribution >= 4 is 16.3 Å². The van der Waals surface area contributed by atoms with E-state index in [1.165, 1.54) is 30.6 Å². The molecule has 0 saturated heterocycles. The second kappa shape index (κ2) is 6.31. The molecule has 0 aliphatic heterocycles. The largest absolute Gasteiger partial charge is 0.491 e. The van der Waals surface area contributed by atoms with Crippen LogP contribution >= 0.6 is 11.3 Å². The lowest BCUT2D eigenvalue weighted by molar-refractivity contribution is 0.305. The quantitative estimate of drug-likeness (QED) is 0.755. The molecule has 4 heteroatoms. The van der Waals surface area contributed by atoms with Gasteiger partial charge in [-0.05, 0) is 6.42 Å². The molecule has 82 valence electrons. The molecule has 0 spiro atoms. The minimum absolute atomic E-state index is 0.482. The summed E-state index contributed by atoms with van der Waals surface area (Å²) in [5.74, 6) is 0.636. The zero-order valence-corrected chi connectivity index (χ0v) is 9.77. The molecule has 0 fully saturated rings. The van der Waals surface area contributed by atoms with E-state index in [1.807, 2.05) is 0 Å². The van der Waals surface area contributed by atoms with Crippen LogP contribution in [0.25, 0.3) is 0 Å². The number of nitrogens with two attached hydrogens (primary N) is 1. The molecule has 0 radical (unpaired) electrons. The topological polar surface area (TPSA) is 59.0 Å². The number of hydrogen-bond acceptors (Lipinski definition) is 4. The Balaban J connectivity index is 2.35. The standard InChI is InChI=1S/C11H16N2OS/c1-2-3-4-5-6-14-10-8-15-11(13)9(10)7-12/h8H,2-6,13H2,1H3. The van der Waals surface area contributed by atoms with E-state index in [-0.39, 0.29) is 0 Å². The van der Waals surface area contributed by atoms with E-state index >= 15 is 0 Å². The highest BCUT2D eigenvalue weighted by molar-refractivity contribution is 7.14. The number of hydrogen-bond donors (Lipinski definition) is 1. The number of nitrogens with zero attached hydrogens (tertiary/aromatic N) is 1. The smallest absolute Gasteiger partial charge is 0.149 e. The highest BCUT2D eigenvalue weighted by atomic mass is 32.1. The number of anilines is 1. The first-order valence-electron chi connectivity index (χ1n) is 5.19. The lowest BCUT2D eigenvalue weighted by Gasteiger charge is -2.03. The molecule has 1 aromatic rings. The molecule has 0 aliphatic rings. The summed E-state index contributed by atoms with van der Waals surface area (Å²) in [5, 5.41) is 11.2. The molecule has 0 aliphatic carbocycles. The van der Waals surface area contributed by atoms with Gasteiger partial charge >= 0.3 is 0 Å². The van der Waals surface area contributed by atoms with E-state index in [0.29, 0.717) is 22.9 Å². The Hall–Kier alpha value is -1.21. The lowest BCUT2D eigenvalue weighted by Crippen LogP contribution is -1.98. The molecule has 0 amide bonds. The maximum Gasteiger partial charge on any atom is 0.149 e. The SMILES string of the molecule is CCCCCCOc1csc(N)c1C#N. The van der Waals surface area contributed by atoms with Gasteiger partial charge in [0.1, 0.15) is 22.4 Å². The van der Waals surface area contributed by atoms with Crippen molar-refractivity contribution in [2.45, 2.75) is 32.6 Å². The first-order valence-corrected chi connectivity index (χ1v) is 6.07. The summed E-state index contributed by atoms with van der Waals surface area (Å²) < 4.78 is 5.50. The van der Waals surface area contributed by atoms with Gasteiger partial charge in [-0.2, -0.15) is 5.26 Å². The third-order valence-electron chi connectivity index (χ3n) is 2.15. The van der Waals surface area contributed by atoms with Crippen LogP contribution in [0.5, 0.6) is 5.75 Å². The molecule has 0 unspecified atom stereocenters. The van der Waals surface area contributed by atoms with Crippen LogP contribution in [0, 0.1) is 11.3 Å². The van der Waals surface area contributed by atoms with Crippen LogP contribution in [0.1, 0.15) is 38.2 Å². The molecule has 1 rings (SSSR count). The molecule has 0 atom stereocenters. The van der Waals surface area contributed by atoms with Crippen LogP contribution in [0.4, 0.5) is 5.00 Å². The third-order valence-corrected chi connectivity index (χ3v) is 2.94. The van der Waals surface area contributed by atoms with Gasteiger partial charge in [-0.25, -0.2) is 0 Å². The van der Waals surface area contributed by atoms with E-state index < -0.39 is 0 Å². The molecule has 3 nitrogen and oxygen atoms in total. The molecule has 0 saturated carbocycles. The summed E-state index contributed by atoms with van der Waals surface area (Å²) in [6.07, 6.45) is 4.67. The molecular formula is C11H16N2OS. The van der Waals surface area contributed by atoms with Crippen molar-refractivity contribution in [3.63, 3.8) is 0 Å². The van der Waals surface area contributed by atoms with E-state index in [9.17, 15) is 0 Å². The van der Waals surface area contributed by atoms with Gasteiger partial charge in [-0.15, -0.1) is 11.3 Å². The highest BCUT2D eigenvalue weighted by Crippen LogP contribution is 2.30. The third kappa shape index (κ3) is 3.45. The first-order chi connectivity index (χ1) is 7.29. The van der Waals surface area contributed by atoms with Gasteiger partial charge in [0.2, 0.25) is 0 Å². The van der Waals surface area contributed by atoms with Gasteiger partial charge in [-0.3, -0.25) is 0 Å². The predicted molar refractivity (Wildman–Crippen MR) is 63.1 cm³/mol. The number of nitriles is 1. The van der Waals surface area contributed by atoms with Gasteiger partial charge in [-0.1, -0.05) is 26.2 Å². The molecule has 1 aromatic heterocycles. The van der Waals surface area contributed by atoms with Gasteiger partial charge in [0.15, 0.2) is 0 Å². The number of nitrogen functional groups attached to an aromatic ring is 1. The Morgan fingerprint density at radius 1 is 1.47 bits per heavy atom. The van der Waals surface area contributed by atoms with Crippen molar-refractivity contribution < 1.29 is 4.74 Å². The highest BCUT2D eigenvalue weighted by Gasteiger charge is 2.09. The number of unbranched alkanes of at least 4 members (excludes halogenated alkanes) is 3. The fourth-order valence-corrected chi connectivity index (χ4v) is 1.97. The van der Waals surface area contributed by atoms with E-state index in [4.69, 9.17) is 15.7 Å². The maximum absolute atomic E-state index is 8.83. The molecule has 15 heavy (non-hydrogen) atoms. The molecular weight excluding hydrogens is 208 g/mol. The van der Waals surface area contributed by atoms with Crippen molar-refractivity contribution in [3.8, 4) is 11.8 Å². The Bertz CT molecular complexity index is 341. The van der Waals surface area contributed by atoms with Gasteiger partial charge < -0.3 is 10.5 Å². The first kappa shape index (κ1) is 11.9.